The van der Waals surface area contributed by atoms with E-state index in [4.69, 9.17) is 18.6 Å². The molecule has 3 N–H and O–H groups in total. The summed E-state index contributed by atoms with van der Waals surface area (Å²) >= 11 is 0. The molecule has 1 amide bonds. The third kappa shape index (κ3) is 5.99. The van der Waals surface area contributed by atoms with Crippen molar-refractivity contribution in [2.24, 2.45) is 0 Å². The molecule has 11 nitrogen and oxygen atoms in total. The molecule has 3 aromatic rings. The van der Waals surface area contributed by atoms with E-state index >= 15 is 0 Å². The van der Waals surface area contributed by atoms with E-state index in [1.807, 2.05) is 13.0 Å². The summed E-state index contributed by atoms with van der Waals surface area (Å²) in [7, 11) is 2.90. The Labute approximate surface area is 222 Å². The number of nitrogens with one attached hydrogen (secondary N) is 3. The molecule has 38 heavy (non-hydrogen) atoms. The van der Waals surface area contributed by atoms with Crippen molar-refractivity contribution in [1.82, 2.24) is 20.3 Å². The molecule has 0 saturated heterocycles. The van der Waals surface area contributed by atoms with Crippen LogP contribution < -0.4 is 30.2 Å². The first-order valence-electron chi connectivity index (χ1n) is 12.7. The number of hydrogen-bond donors (Lipinski definition) is 3. The van der Waals surface area contributed by atoms with Gasteiger partial charge in [-0.05, 0) is 47.9 Å². The maximum Gasteiger partial charge on any atom is 0.399 e. The van der Waals surface area contributed by atoms with Gasteiger partial charge in [-0.1, -0.05) is 33.8 Å². The molecule has 0 aliphatic heterocycles. The summed E-state index contributed by atoms with van der Waals surface area (Å²) in [6, 6.07) is 4.56. The van der Waals surface area contributed by atoms with Crippen LogP contribution >= 0.6 is 0 Å². The van der Waals surface area contributed by atoms with Gasteiger partial charge in [0.2, 0.25) is 17.7 Å². The number of carbonyl (C=O) groups is 1. The number of oxazole rings is 1. The standard InChI is InChI=1S/C27H36N6O5/c1-15(2)28-10-11-29-25-32-23(35-6)21(24(33-25)36-7)31-22(34)19-14-37-26(30-19)38-20-13-18-17(12-16(20)3)8-9-27(18,4)5/h12-15,28H,8-11H2,1-7H3,(H,31,34)(H,29,32,33). The summed E-state index contributed by atoms with van der Waals surface area (Å²) in [6.45, 7) is 11.9. The van der Waals surface area contributed by atoms with Gasteiger partial charge in [0.15, 0.2) is 11.4 Å². The number of nitrogens with zero attached hydrogens (tertiary/aromatic N) is 3. The van der Waals surface area contributed by atoms with Gasteiger partial charge in [0.25, 0.3) is 5.91 Å². The molecule has 4 rings (SSSR count). The van der Waals surface area contributed by atoms with Crippen molar-refractivity contribution in [1.29, 1.82) is 0 Å². The Balaban J connectivity index is 1.47. The van der Waals surface area contributed by atoms with Gasteiger partial charge < -0.3 is 34.6 Å². The van der Waals surface area contributed by atoms with E-state index in [1.165, 1.54) is 31.6 Å². The summed E-state index contributed by atoms with van der Waals surface area (Å²) in [4.78, 5) is 25.9. The number of carbonyl (C=O) groups excluding carboxylic acids is 1. The molecule has 0 radical (unpaired) electrons. The number of ether oxygens (including phenoxy) is 3. The highest BCUT2D eigenvalue weighted by atomic mass is 16.6. The Bertz CT molecular complexity index is 1280. The topological polar surface area (TPSA) is 133 Å². The van der Waals surface area contributed by atoms with E-state index in [0.717, 1.165) is 24.9 Å². The number of aromatic nitrogens is 3. The van der Waals surface area contributed by atoms with Crippen LogP contribution in [0.3, 0.4) is 0 Å². The molecular formula is C27H36N6O5. The number of amides is 1. The van der Waals surface area contributed by atoms with E-state index in [1.54, 1.807) is 0 Å². The Kier molecular flexibility index (Phi) is 8.05. The predicted octanol–water partition coefficient (Wildman–Crippen LogP) is 4.47. The van der Waals surface area contributed by atoms with E-state index in [2.05, 4.69) is 64.7 Å². The summed E-state index contributed by atoms with van der Waals surface area (Å²) in [5, 5.41) is 9.12. The van der Waals surface area contributed by atoms with E-state index < -0.39 is 5.91 Å². The van der Waals surface area contributed by atoms with Crippen molar-refractivity contribution in [3.63, 3.8) is 0 Å². The van der Waals surface area contributed by atoms with Crippen LogP contribution in [0.4, 0.5) is 11.6 Å². The summed E-state index contributed by atoms with van der Waals surface area (Å²) in [5.41, 5.74) is 3.85. The molecular weight excluding hydrogens is 488 g/mol. The van der Waals surface area contributed by atoms with Crippen LogP contribution in [-0.2, 0) is 11.8 Å². The molecule has 0 atom stereocenters. The van der Waals surface area contributed by atoms with Gasteiger partial charge in [0.1, 0.15) is 12.0 Å². The minimum Gasteiger partial charge on any atom is -0.479 e. The molecule has 2 aromatic heterocycles. The van der Waals surface area contributed by atoms with Crippen LogP contribution in [0, 0.1) is 6.92 Å². The third-order valence-electron chi connectivity index (χ3n) is 6.49. The van der Waals surface area contributed by atoms with Crippen molar-refractivity contribution in [3.8, 4) is 23.6 Å². The first kappa shape index (κ1) is 27.2. The zero-order valence-electron chi connectivity index (χ0n) is 23.0. The van der Waals surface area contributed by atoms with Crippen molar-refractivity contribution in [3.05, 3.63) is 40.8 Å². The van der Waals surface area contributed by atoms with Crippen LogP contribution in [0.25, 0.3) is 0 Å². The number of benzene rings is 1. The van der Waals surface area contributed by atoms with Gasteiger partial charge in [0.05, 0.1) is 14.2 Å². The van der Waals surface area contributed by atoms with Crippen molar-refractivity contribution in [2.45, 2.75) is 58.9 Å². The molecule has 0 fully saturated rings. The van der Waals surface area contributed by atoms with E-state index in [0.29, 0.717) is 24.3 Å². The van der Waals surface area contributed by atoms with E-state index in [-0.39, 0.29) is 34.6 Å². The van der Waals surface area contributed by atoms with Gasteiger partial charge in [-0.25, -0.2) is 0 Å². The number of aryl methyl sites for hydroxylation is 2. The van der Waals surface area contributed by atoms with Gasteiger partial charge in [-0.2, -0.15) is 15.0 Å². The predicted molar refractivity (Wildman–Crippen MR) is 144 cm³/mol. The number of fused-ring (bicyclic) bond motifs is 1. The third-order valence-corrected chi connectivity index (χ3v) is 6.49. The second kappa shape index (κ2) is 11.3. The zero-order valence-corrected chi connectivity index (χ0v) is 23.0. The Hall–Kier alpha value is -3.86. The molecule has 0 unspecified atom stereocenters. The maximum absolute atomic E-state index is 13.0. The Morgan fingerprint density at radius 2 is 1.82 bits per heavy atom. The molecule has 204 valence electrons. The maximum atomic E-state index is 13.0. The minimum atomic E-state index is -0.558. The Morgan fingerprint density at radius 3 is 2.47 bits per heavy atom. The number of rotatable bonds is 11. The summed E-state index contributed by atoms with van der Waals surface area (Å²) in [5.74, 6) is 0.683. The smallest absolute Gasteiger partial charge is 0.399 e. The molecule has 1 aliphatic carbocycles. The molecule has 11 heteroatoms. The number of anilines is 2. The van der Waals surface area contributed by atoms with Crippen LogP contribution in [0.2, 0.25) is 0 Å². The molecule has 1 aliphatic rings. The normalized spacial score (nSPS) is 13.8. The highest BCUT2D eigenvalue weighted by molar-refractivity contribution is 6.04. The van der Waals surface area contributed by atoms with Crippen molar-refractivity contribution < 1.29 is 23.4 Å². The average molecular weight is 525 g/mol. The van der Waals surface area contributed by atoms with Crippen molar-refractivity contribution >= 4 is 17.5 Å². The molecule has 0 spiro atoms. The van der Waals surface area contributed by atoms with Crippen LogP contribution in [0.15, 0.2) is 22.8 Å². The lowest BCUT2D eigenvalue weighted by atomic mass is 9.86. The first-order valence-corrected chi connectivity index (χ1v) is 12.7. The minimum absolute atomic E-state index is 0.0187. The molecule has 1 aromatic carbocycles. The molecule has 2 heterocycles. The van der Waals surface area contributed by atoms with Gasteiger partial charge >= 0.3 is 6.08 Å². The fraction of sp³-hybridized carbons (Fsp3) is 0.481. The van der Waals surface area contributed by atoms with Crippen LogP contribution in [0.5, 0.6) is 23.6 Å². The van der Waals surface area contributed by atoms with Gasteiger partial charge in [-0.15, -0.1) is 0 Å². The monoisotopic (exact) mass is 524 g/mol. The zero-order chi connectivity index (χ0) is 27.4. The first-order chi connectivity index (χ1) is 18.1. The number of hydrogen-bond acceptors (Lipinski definition) is 10. The second-order valence-corrected chi connectivity index (χ2v) is 10.2. The van der Waals surface area contributed by atoms with Gasteiger partial charge in [0, 0.05) is 19.1 Å². The highest BCUT2D eigenvalue weighted by Gasteiger charge is 2.31. The second-order valence-electron chi connectivity index (χ2n) is 10.2. The lowest BCUT2D eigenvalue weighted by Crippen LogP contribution is -2.28. The largest absolute Gasteiger partial charge is 0.479 e. The summed E-state index contributed by atoms with van der Waals surface area (Å²) in [6.07, 6.45) is 3.35. The summed E-state index contributed by atoms with van der Waals surface area (Å²) < 4.78 is 22.2. The molecule has 0 saturated carbocycles. The lowest BCUT2D eigenvalue weighted by molar-refractivity contribution is 0.102. The fourth-order valence-corrected chi connectivity index (χ4v) is 4.39. The van der Waals surface area contributed by atoms with Gasteiger partial charge in [-0.3, -0.25) is 4.79 Å². The van der Waals surface area contributed by atoms with Crippen LogP contribution in [-0.4, -0.2) is 54.2 Å². The van der Waals surface area contributed by atoms with Crippen molar-refractivity contribution in [2.75, 3.05) is 37.9 Å². The fourth-order valence-electron chi connectivity index (χ4n) is 4.39. The highest BCUT2D eigenvalue weighted by Crippen LogP contribution is 2.42. The average Bonchev–Trinajstić information content (AvgIpc) is 3.46. The SMILES string of the molecule is COc1nc(NCCNC(C)C)nc(OC)c1NC(=O)c1coc(Oc2cc3c(cc2C)CCC3(C)C)n1. The molecule has 0 bridgehead atoms. The Morgan fingerprint density at radius 1 is 1.11 bits per heavy atom. The quantitative estimate of drug-likeness (QED) is 0.309. The lowest BCUT2D eigenvalue weighted by Gasteiger charge is -2.20. The van der Waals surface area contributed by atoms with Crippen LogP contribution in [0.1, 0.15) is 61.3 Å². The number of methoxy groups -OCH3 is 2. The van der Waals surface area contributed by atoms with E-state index in [9.17, 15) is 4.79 Å².